The van der Waals surface area contributed by atoms with E-state index in [0.29, 0.717) is 0 Å². The number of hydrogen-bond acceptors (Lipinski definition) is 5. The maximum Gasteiger partial charge on any atom is 0.368 e. The second kappa shape index (κ2) is 16.0. The third-order valence-corrected chi connectivity index (χ3v) is 5.14. The number of aliphatic hydroxyl groups excluding tert-OH is 1. The quantitative estimate of drug-likeness (QED) is 0.358. The lowest BCUT2D eigenvalue weighted by Gasteiger charge is -2.34. The Morgan fingerprint density at radius 1 is 0.969 bits per heavy atom. The van der Waals surface area contributed by atoms with E-state index in [1.165, 1.54) is 43.6 Å². The lowest BCUT2D eigenvalue weighted by molar-refractivity contribution is -0.143. The highest BCUT2D eigenvalue weighted by atomic mass is 16.5. The molecular formula is C26H37NO5. The van der Waals surface area contributed by atoms with Crippen LogP contribution in [0.15, 0.2) is 54.6 Å². The van der Waals surface area contributed by atoms with E-state index in [-0.39, 0.29) is 6.29 Å². The number of aliphatic carboxylic acids is 1. The van der Waals surface area contributed by atoms with Gasteiger partial charge in [0.05, 0.1) is 6.61 Å². The van der Waals surface area contributed by atoms with E-state index in [9.17, 15) is 0 Å². The van der Waals surface area contributed by atoms with E-state index in [2.05, 4.69) is 67.3 Å². The number of carbonyl (C=O) groups excluding carboxylic acids is 1. The van der Waals surface area contributed by atoms with Gasteiger partial charge in [-0.1, -0.05) is 56.3 Å². The van der Waals surface area contributed by atoms with Gasteiger partial charge in [-0.15, -0.1) is 0 Å². The first-order valence-electron chi connectivity index (χ1n) is 11.1. The molecule has 176 valence electrons. The van der Waals surface area contributed by atoms with Crippen LogP contribution in [0.2, 0.25) is 0 Å². The van der Waals surface area contributed by atoms with Crippen LogP contribution in [0.25, 0.3) is 11.1 Å². The number of rotatable bonds is 8. The van der Waals surface area contributed by atoms with Crippen molar-refractivity contribution in [3.8, 4) is 16.9 Å². The van der Waals surface area contributed by atoms with Crippen molar-refractivity contribution in [3.05, 3.63) is 54.6 Å². The Labute approximate surface area is 191 Å². The number of nitrogens with zero attached hydrogens (tertiary/aromatic N) is 1. The Morgan fingerprint density at radius 3 is 2.03 bits per heavy atom. The fourth-order valence-electron chi connectivity index (χ4n) is 3.98. The first kappa shape index (κ1) is 27.3. The van der Waals surface area contributed by atoms with Crippen LogP contribution in [-0.2, 0) is 9.59 Å². The standard InChI is InChI=1S/C23H31NO.C2H2O3.CH4O/c1-19-16-20(2)18-24(17-19)14-6-7-15-25-23-12-10-22(11-13-23)21-8-4-3-5-9-21;3-1-2(4)5;1-2/h3-5,8-13,19-20H,6-7,14-18H2,1-2H3;1H,(H,4,5);2H,1H3/t19-,20?;;/m0../s1. The number of piperidine rings is 1. The number of aldehydes is 1. The molecule has 1 saturated heterocycles. The smallest absolute Gasteiger partial charge is 0.368 e. The van der Waals surface area contributed by atoms with Crippen LogP contribution in [0.4, 0.5) is 0 Å². The van der Waals surface area contributed by atoms with E-state index in [0.717, 1.165) is 37.7 Å². The summed E-state index contributed by atoms with van der Waals surface area (Å²) < 4.78 is 5.91. The third-order valence-electron chi connectivity index (χ3n) is 5.14. The van der Waals surface area contributed by atoms with Crippen LogP contribution in [0.3, 0.4) is 0 Å². The van der Waals surface area contributed by atoms with Gasteiger partial charge in [-0.2, -0.15) is 0 Å². The molecule has 1 aliphatic rings. The minimum atomic E-state index is -1.43. The Balaban J connectivity index is 0.000000646. The zero-order valence-electron chi connectivity index (χ0n) is 19.4. The van der Waals surface area contributed by atoms with Gasteiger partial charge < -0.3 is 19.8 Å². The normalized spacial score (nSPS) is 17.8. The molecule has 2 aromatic carbocycles. The van der Waals surface area contributed by atoms with Crippen molar-refractivity contribution < 1.29 is 24.5 Å². The first-order valence-corrected chi connectivity index (χ1v) is 11.1. The predicted molar refractivity (Wildman–Crippen MR) is 128 cm³/mol. The molecule has 0 amide bonds. The fourth-order valence-corrected chi connectivity index (χ4v) is 3.98. The van der Waals surface area contributed by atoms with Crippen molar-refractivity contribution in [2.45, 2.75) is 33.1 Å². The number of aliphatic hydroxyl groups is 1. The third kappa shape index (κ3) is 11.1. The zero-order valence-corrected chi connectivity index (χ0v) is 19.4. The van der Waals surface area contributed by atoms with Crippen LogP contribution in [0.5, 0.6) is 5.75 Å². The summed E-state index contributed by atoms with van der Waals surface area (Å²) >= 11 is 0. The second-order valence-corrected chi connectivity index (χ2v) is 8.11. The predicted octanol–water partition coefficient (Wildman–Crippen LogP) is 4.37. The molecule has 0 bridgehead atoms. The van der Waals surface area contributed by atoms with E-state index < -0.39 is 5.97 Å². The minimum Gasteiger partial charge on any atom is -0.494 e. The summed E-state index contributed by atoms with van der Waals surface area (Å²) in [7, 11) is 1.00. The molecule has 0 spiro atoms. The number of carboxylic acid groups (broad SMARTS) is 1. The number of carbonyl (C=O) groups is 2. The largest absolute Gasteiger partial charge is 0.494 e. The van der Waals surface area contributed by atoms with Gasteiger partial charge in [0.2, 0.25) is 6.29 Å². The summed E-state index contributed by atoms with van der Waals surface area (Å²) in [4.78, 5) is 20.5. The monoisotopic (exact) mass is 443 g/mol. The van der Waals surface area contributed by atoms with Gasteiger partial charge in [-0.05, 0) is 60.9 Å². The average Bonchev–Trinajstić information content (AvgIpc) is 2.81. The van der Waals surface area contributed by atoms with Gasteiger partial charge in [0, 0.05) is 20.2 Å². The Hall–Kier alpha value is -2.70. The number of likely N-dealkylation sites (tertiary alicyclic amines) is 1. The molecule has 1 aliphatic heterocycles. The molecule has 0 aliphatic carbocycles. The highest BCUT2D eigenvalue weighted by Crippen LogP contribution is 2.23. The van der Waals surface area contributed by atoms with E-state index in [4.69, 9.17) is 24.5 Å². The van der Waals surface area contributed by atoms with Gasteiger partial charge in [0.1, 0.15) is 5.75 Å². The molecule has 2 aromatic rings. The lowest BCUT2D eigenvalue weighted by Crippen LogP contribution is -2.39. The topological polar surface area (TPSA) is 87.1 Å². The van der Waals surface area contributed by atoms with E-state index in [1.54, 1.807) is 0 Å². The molecule has 3 rings (SSSR count). The number of ether oxygens (including phenoxy) is 1. The van der Waals surface area contributed by atoms with Gasteiger partial charge in [0.15, 0.2) is 0 Å². The van der Waals surface area contributed by atoms with E-state index >= 15 is 0 Å². The maximum atomic E-state index is 9.00. The van der Waals surface area contributed by atoms with Crippen LogP contribution >= 0.6 is 0 Å². The Bertz CT molecular complexity index is 754. The number of carboxylic acids is 1. The molecule has 0 aromatic heterocycles. The molecule has 0 radical (unpaired) electrons. The average molecular weight is 444 g/mol. The van der Waals surface area contributed by atoms with Crippen molar-refractivity contribution in [2.24, 2.45) is 11.8 Å². The molecule has 2 N–H and O–H groups in total. The fraction of sp³-hybridized carbons (Fsp3) is 0.462. The SMILES string of the molecule is CC1C[C@H](C)CN(CCCCOc2ccc(-c3ccccc3)cc2)C1.CO.O=CC(=O)O. The Kier molecular flexibility index (Phi) is 13.7. The highest BCUT2D eigenvalue weighted by molar-refractivity contribution is 6.19. The minimum absolute atomic E-state index is 0.167. The molecular weight excluding hydrogens is 406 g/mol. The summed E-state index contributed by atoms with van der Waals surface area (Å²) in [6, 6.07) is 18.9. The summed E-state index contributed by atoms with van der Waals surface area (Å²) in [5, 5.41) is 14.4. The number of hydrogen-bond donors (Lipinski definition) is 2. The summed E-state index contributed by atoms with van der Waals surface area (Å²) in [5.74, 6) is 1.25. The summed E-state index contributed by atoms with van der Waals surface area (Å²) in [5.41, 5.74) is 2.49. The molecule has 0 saturated carbocycles. The maximum absolute atomic E-state index is 9.00. The van der Waals surface area contributed by atoms with Crippen LogP contribution in [0.1, 0.15) is 33.1 Å². The lowest BCUT2D eigenvalue weighted by atomic mass is 9.92. The highest BCUT2D eigenvalue weighted by Gasteiger charge is 2.20. The van der Waals surface area contributed by atoms with Crippen molar-refractivity contribution >= 4 is 12.3 Å². The Morgan fingerprint density at radius 2 is 1.50 bits per heavy atom. The van der Waals surface area contributed by atoms with Crippen LogP contribution in [0, 0.1) is 11.8 Å². The van der Waals surface area contributed by atoms with E-state index in [1.807, 2.05) is 6.07 Å². The zero-order chi connectivity index (χ0) is 23.8. The van der Waals surface area contributed by atoms with Crippen molar-refractivity contribution in [1.82, 2.24) is 4.90 Å². The molecule has 1 unspecified atom stereocenters. The van der Waals surface area contributed by atoms with Gasteiger partial charge in [-0.3, -0.25) is 4.79 Å². The molecule has 6 heteroatoms. The summed E-state index contributed by atoms with van der Waals surface area (Å²) in [6.45, 7) is 9.32. The van der Waals surface area contributed by atoms with Gasteiger partial charge in [-0.25, -0.2) is 4.79 Å². The molecule has 2 atom stereocenters. The molecule has 32 heavy (non-hydrogen) atoms. The van der Waals surface area contributed by atoms with Crippen molar-refractivity contribution in [2.75, 3.05) is 33.4 Å². The van der Waals surface area contributed by atoms with Gasteiger partial charge in [0.25, 0.3) is 0 Å². The van der Waals surface area contributed by atoms with Crippen molar-refractivity contribution in [1.29, 1.82) is 0 Å². The van der Waals surface area contributed by atoms with Gasteiger partial charge >= 0.3 is 5.97 Å². The molecule has 1 fully saturated rings. The molecule has 6 nitrogen and oxygen atoms in total. The van der Waals surface area contributed by atoms with Crippen LogP contribution in [-0.4, -0.2) is 60.7 Å². The first-order chi connectivity index (χ1) is 15.5. The van der Waals surface area contributed by atoms with Crippen molar-refractivity contribution in [3.63, 3.8) is 0 Å². The number of benzene rings is 2. The number of unbranched alkanes of at least 4 members (excludes halogenated alkanes) is 1. The molecule has 1 heterocycles. The second-order valence-electron chi connectivity index (χ2n) is 8.11. The van der Waals surface area contributed by atoms with Crippen LogP contribution < -0.4 is 4.74 Å². The summed E-state index contributed by atoms with van der Waals surface area (Å²) in [6.07, 6.45) is 3.57.